The van der Waals surface area contributed by atoms with Crippen molar-refractivity contribution >= 4 is 17.5 Å². The van der Waals surface area contributed by atoms with Crippen LogP contribution < -0.4 is 0 Å². The lowest BCUT2D eigenvalue weighted by Gasteiger charge is -2.21. The lowest BCUT2D eigenvalue weighted by molar-refractivity contribution is -0.142. The van der Waals surface area contributed by atoms with E-state index in [-0.39, 0.29) is 11.6 Å². The fourth-order valence-electron chi connectivity index (χ4n) is 2.36. The van der Waals surface area contributed by atoms with Gasteiger partial charge in [-0.3, -0.25) is 9.48 Å². The molecule has 1 atom stereocenters. The largest absolute Gasteiger partial charge is 0.436 e. The molecule has 1 aromatic heterocycles. The molecule has 2 heterocycles. The minimum Gasteiger partial charge on any atom is -0.341 e. The second-order valence-electron chi connectivity index (χ2n) is 4.90. The van der Waals surface area contributed by atoms with Crippen LogP contribution in [0.4, 0.5) is 13.2 Å². The molecule has 1 aliphatic heterocycles. The van der Waals surface area contributed by atoms with Gasteiger partial charge >= 0.3 is 6.18 Å². The third-order valence-corrected chi connectivity index (χ3v) is 3.94. The van der Waals surface area contributed by atoms with Crippen molar-refractivity contribution in [2.45, 2.75) is 38.9 Å². The first-order valence-electron chi connectivity index (χ1n) is 6.34. The van der Waals surface area contributed by atoms with Crippen LogP contribution in [0.25, 0.3) is 0 Å². The van der Waals surface area contributed by atoms with E-state index in [4.69, 9.17) is 11.6 Å². The summed E-state index contributed by atoms with van der Waals surface area (Å²) in [7, 11) is 0. The molecule has 2 rings (SSSR count). The highest BCUT2D eigenvalue weighted by atomic mass is 35.5. The fourth-order valence-corrected chi connectivity index (χ4v) is 2.59. The highest BCUT2D eigenvalue weighted by Crippen LogP contribution is 2.36. The predicted octanol–water partition coefficient (Wildman–Crippen LogP) is 3.05. The zero-order valence-corrected chi connectivity index (χ0v) is 11.9. The van der Waals surface area contributed by atoms with E-state index in [1.54, 1.807) is 4.90 Å². The molecule has 1 unspecified atom stereocenters. The van der Waals surface area contributed by atoms with Crippen LogP contribution in [0, 0.1) is 6.92 Å². The van der Waals surface area contributed by atoms with Crippen molar-refractivity contribution in [3.05, 3.63) is 16.4 Å². The number of hydrogen-bond acceptors (Lipinski definition) is 2. The number of hydrogen-bond donors (Lipinski definition) is 0. The molecule has 0 aromatic carbocycles. The Morgan fingerprint density at radius 3 is 2.35 bits per heavy atom. The molecular weight excluding hydrogens is 295 g/mol. The molecule has 1 fully saturated rings. The molecule has 1 aromatic rings. The highest BCUT2D eigenvalue weighted by Gasteiger charge is 2.39. The van der Waals surface area contributed by atoms with Crippen LogP contribution in [0.2, 0.25) is 5.02 Å². The Bertz CT molecular complexity index is 521. The van der Waals surface area contributed by atoms with Gasteiger partial charge < -0.3 is 4.90 Å². The van der Waals surface area contributed by atoms with Gasteiger partial charge in [-0.05, 0) is 26.7 Å². The van der Waals surface area contributed by atoms with Gasteiger partial charge in [0, 0.05) is 13.1 Å². The first-order valence-corrected chi connectivity index (χ1v) is 6.72. The Morgan fingerprint density at radius 2 is 1.90 bits per heavy atom. The van der Waals surface area contributed by atoms with E-state index in [1.165, 1.54) is 13.8 Å². The molecule has 20 heavy (non-hydrogen) atoms. The number of amides is 1. The molecule has 0 bridgehead atoms. The van der Waals surface area contributed by atoms with Crippen LogP contribution in [0.5, 0.6) is 0 Å². The number of carbonyl (C=O) groups is 1. The molecule has 1 aliphatic rings. The maximum atomic E-state index is 12.8. The lowest BCUT2D eigenvalue weighted by atomic mass is 10.3. The van der Waals surface area contributed by atoms with E-state index >= 15 is 0 Å². The number of rotatable bonds is 2. The molecule has 112 valence electrons. The molecule has 1 amide bonds. The van der Waals surface area contributed by atoms with Crippen molar-refractivity contribution in [2.24, 2.45) is 0 Å². The SMILES string of the molecule is Cc1c(Cl)c(C(F)(F)F)nn1C(C)C(=O)N1CCCC1. The Morgan fingerprint density at radius 1 is 1.35 bits per heavy atom. The van der Waals surface area contributed by atoms with Gasteiger partial charge in [-0.25, -0.2) is 0 Å². The standard InChI is InChI=1S/C12H15ClF3N3O/c1-7-9(13)10(12(14,15)16)17-19(7)8(2)11(20)18-5-3-4-6-18/h8H,3-6H2,1-2H3. The van der Waals surface area contributed by atoms with Crippen molar-refractivity contribution < 1.29 is 18.0 Å². The van der Waals surface area contributed by atoms with Crippen LogP contribution in [0.1, 0.15) is 37.2 Å². The lowest BCUT2D eigenvalue weighted by Crippen LogP contribution is -2.34. The summed E-state index contributed by atoms with van der Waals surface area (Å²) in [6.45, 7) is 4.25. The zero-order chi connectivity index (χ0) is 15.1. The second-order valence-corrected chi connectivity index (χ2v) is 5.28. The van der Waals surface area contributed by atoms with Gasteiger partial charge in [-0.15, -0.1) is 0 Å². The summed E-state index contributed by atoms with van der Waals surface area (Å²) in [5, 5.41) is 3.04. The molecule has 0 N–H and O–H groups in total. The van der Waals surface area contributed by atoms with Crippen molar-refractivity contribution in [3.8, 4) is 0 Å². The van der Waals surface area contributed by atoms with E-state index in [1.807, 2.05) is 0 Å². The van der Waals surface area contributed by atoms with Crippen LogP contribution >= 0.6 is 11.6 Å². The van der Waals surface area contributed by atoms with Crippen LogP contribution in [-0.4, -0.2) is 33.7 Å². The maximum Gasteiger partial charge on any atom is 0.436 e. The van der Waals surface area contributed by atoms with Gasteiger partial charge in [-0.2, -0.15) is 18.3 Å². The number of halogens is 4. The Balaban J connectivity index is 2.30. The summed E-state index contributed by atoms with van der Waals surface area (Å²) < 4.78 is 39.3. The molecule has 0 spiro atoms. The summed E-state index contributed by atoms with van der Waals surface area (Å²) in [6.07, 6.45) is -2.78. The van der Waals surface area contributed by atoms with Gasteiger partial charge in [0.2, 0.25) is 5.91 Å². The molecule has 1 saturated heterocycles. The Labute approximate surface area is 119 Å². The van der Waals surface area contributed by atoms with Gasteiger partial charge in [0.1, 0.15) is 6.04 Å². The van der Waals surface area contributed by atoms with Crippen LogP contribution in [0.3, 0.4) is 0 Å². The zero-order valence-electron chi connectivity index (χ0n) is 11.2. The number of likely N-dealkylation sites (tertiary alicyclic amines) is 1. The van der Waals surface area contributed by atoms with Gasteiger partial charge in [0.05, 0.1) is 10.7 Å². The van der Waals surface area contributed by atoms with Gasteiger partial charge in [-0.1, -0.05) is 11.6 Å². The summed E-state index contributed by atoms with van der Waals surface area (Å²) in [5.41, 5.74) is -0.989. The second kappa shape index (κ2) is 5.27. The minimum absolute atomic E-state index is 0.152. The number of carbonyl (C=O) groups excluding carboxylic acids is 1. The van der Waals surface area contributed by atoms with E-state index in [0.29, 0.717) is 13.1 Å². The average Bonchev–Trinajstić information content (AvgIpc) is 2.97. The van der Waals surface area contributed by atoms with Crippen molar-refractivity contribution in [1.82, 2.24) is 14.7 Å². The van der Waals surface area contributed by atoms with Crippen molar-refractivity contribution in [3.63, 3.8) is 0 Å². The van der Waals surface area contributed by atoms with E-state index in [2.05, 4.69) is 5.10 Å². The third-order valence-electron chi connectivity index (χ3n) is 3.49. The summed E-state index contributed by atoms with van der Waals surface area (Å²) in [4.78, 5) is 13.9. The topological polar surface area (TPSA) is 38.1 Å². The van der Waals surface area contributed by atoms with E-state index in [9.17, 15) is 18.0 Å². The maximum absolute atomic E-state index is 12.8. The normalized spacial score (nSPS) is 17.6. The molecular formula is C12H15ClF3N3O. The molecule has 0 aliphatic carbocycles. The number of alkyl halides is 3. The third kappa shape index (κ3) is 2.63. The highest BCUT2D eigenvalue weighted by molar-refractivity contribution is 6.32. The molecule has 8 heteroatoms. The van der Waals surface area contributed by atoms with Gasteiger partial charge in [0.15, 0.2) is 5.69 Å². The quantitative estimate of drug-likeness (QED) is 0.842. The fraction of sp³-hybridized carbons (Fsp3) is 0.667. The van der Waals surface area contributed by atoms with Crippen molar-refractivity contribution in [2.75, 3.05) is 13.1 Å². The summed E-state index contributed by atoms with van der Waals surface area (Å²) >= 11 is 5.68. The van der Waals surface area contributed by atoms with Crippen LogP contribution in [-0.2, 0) is 11.0 Å². The Hall–Kier alpha value is -1.24. The number of aromatic nitrogens is 2. The predicted molar refractivity (Wildman–Crippen MR) is 67.5 cm³/mol. The van der Waals surface area contributed by atoms with Crippen molar-refractivity contribution in [1.29, 1.82) is 0 Å². The monoisotopic (exact) mass is 309 g/mol. The first-order chi connectivity index (χ1) is 9.23. The average molecular weight is 310 g/mol. The smallest absolute Gasteiger partial charge is 0.341 e. The minimum atomic E-state index is -4.62. The Kier molecular flexibility index (Phi) is 4.00. The molecule has 0 saturated carbocycles. The molecule has 0 radical (unpaired) electrons. The number of nitrogens with zero attached hydrogens (tertiary/aromatic N) is 3. The molecule has 4 nitrogen and oxygen atoms in total. The summed E-state index contributed by atoms with van der Waals surface area (Å²) in [6, 6.07) is -0.790. The summed E-state index contributed by atoms with van der Waals surface area (Å²) in [5.74, 6) is -0.224. The van der Waals surface area contributed by atoms with E-state index < -0.39 is 22.9 Å². The van der Waals surface area contributed by atoms with Gasteiger partial charge in [0.25, 0.3) is 0 Å². The van der Waals surface area contributed by atoms with E-state index in [0.717, 1.165) is 17.5 Å². The first kappa shape index (κ1) is 15.2. The van der Waals surface area contributed by atoms with Crippen LogP contribution in [0.15, 0.2) is 0 Å².